The number of allylic oxidation sites excluding steroid dienone is 1. The van der Waals surface area contributed by atoms with Gasteiger partial charge in [-0.05, 0) is 23.8 Å². The zero-order valence-electron chi connectivity index (χ0n) is 12.2. The van der Waals surface area contributed by atoms with Crippen LogP contribution in [0, 0.1) is 21.4 Å². The highest BCUT2D eigenvalue weighted by molar-refractivity contribution is 6.14. The molecule has 0 unspecified atom stereocenters. The number of nitrogens with zero attached hydrogens (tertiary/aromatic N) is 2. The Balaban J connectivity index is 2.34. The average molecular weight is 308 g/mol. The van der Waals surface area contributed by atoms with Crippen LogP contribution < -0.4 is 4.74 Å². The third-order valence-electron chi connectivity index (χ3n) is 3.11. The van der Waals surface area contributed by atoms with Gasteiger partial charge in [-0.1, -0.05) is 24.3 Å². The molecule has 6 heteroatoms. The van der Waals surface area contributed by atoms with Crippen molar-refractivity contribution in [3.63, 3.8) is 0 Å². The van der Waals surface area contributed by atoms with Crippen molar-refractivity contribution in [3.05, 3.63) is 75.3 Å². The van der Waals surface area contributed by atoms with E-state index in [1.54, 1.807) is 24.3 Å². The van der Waals surface area contributed by atoms with Gasteiger partial charge >= 0.3 is 0 Å². The summed E-state index contributed by atoms with van der Waals surface area (Å²) in [6.07, 6.45) is 1.43. The molecule has 0 spiro atoms. The monoisotopic (exact) mass is 308 g/mol. The van der Waals surface area contributed by atoms with E-state index in [0.717, 1.165) is 6.07 Å². The Bertz CT molecular complexity index is 817. The van der Waals surface area contributed by atoms with Gasteiger partial charge in [0, 0.05) is 17.7 Å². The van der Waals surface area contributed by atoms with E-state index in [2.05, 4.69) is 0 Å². The summed E-state index contributed by atoms with van der Waals surface area (Å²) in [5, 5.41) is 20.0. The number of nitro benzene ring substituents is 1. The highest BCUT2D eigenvalue weighted by Crippen LogP contribution is 2.19. The highest BCUT2D eigenvalue weighted by Gasteiger charge is 2.15. The van der Waals surface area contributed by atoms with Gasteiger partial charge in [0.1, 0.15) is 17.4 Å². The lowest BCUT2D eigenvalue weighted by Crippen LogP contribution is -2.02. The molecule has 0 saturated heterocycles. The normalized spacial score (nSPS) is 10.7. The van der Waals surface area contributed by atoms with Crippen LogP contribution >= 0.6 is 0 Å². The molecule has 2 aromatic rings. The van der Waals surface area contributed by atoms with Crippen LogP contribution in [0.2, 0.25) is 0 Å². The first-order valence-electron chi connectivity index (χ1n) is 6.60. The van der Waals surface area contributed by atoms with Crippen molar-refractivity contribution < 1.29 is 14.5 Å². The summed E-state index contributed by atoms with van der Waals surface area (Å²) in [6, 6.07) is 14.0. The number of nitriles is 1. The van der Waals surface area contributed by atoms with Crippen LogP contribution in [0.25, 0.3) is 6.08 Å². The van der Waals surface area contributed by atoms with Crippen LogP contribution in [-0.4, -0.2) is 17.8 Å². The first-order chi connectivity index (χ1) is 11.0. The predicted octanol–water partition coefficient (Wildman–Crippen LogP) is 3.39. The standard InChI is InChI=1S/C17H12N2O4/c1-23-16-7-5-12(6-8-16)9-14(11-18)17(20)13-3-2-4-15(10-13)19(21)22/h2-10H,1H3/b14-9+. The number of carbonyl (C=O) groups excluding carboxylic acids is 1. The fourth-order valence-corrected chi connectivity index (χ4v) is 1.93. The van der Waals surface area contributed by atoms with Crippen LogP contribution in [-0.2, 0) is 0 Å². The number of carbonyl (C=O) groups is 1. The van der Waals surface area contributed by atoms with Crippen molar-refractivity contribution >= 4 is 17.5 Å². The summed E-state index contributed by atoms with van der Waals surface area (Å²) in [5.74, 6) is 0.0951. The lowest BCUT2D eigenvalue weighted by Gasteiger charge is -2.02. The Labute approximate surface area is 132 Å². The van der Waals surface area contributed by atoms with E-state index in [4.69, 9.17) is 4.74 Å². The molecule has 0 fully saturated rings. The number of hydrogen-bond donors (Lipinski definition) is 0. The lowest BCUT2D eigenvalue weighted by molar-refractivity contribution is -0.384. The number of hydrogen-bond acceptors (Lipinski definition) is 5. The molecule has 0 saturated carbocycles. The maximum Gasteiger partial charge on any atom is 0.270 e. The maximum atomic E-state index is 12.3. The molecule has 0 radical (unpaired) electrons. The van der Waals surface area contributed by atoms with Gasteiger partial charge in [-0.3, -0.25) is 14.9 Å². The Morgan fingerprint density at radius 1 is 1.26 bits per heavy atom. The first-order valence-corrected chi connectivity index (χ1v) is 6.60. The van der Waals surface area contributed by atoms with Crippen LogP contribution in [0.4, 0.5) is 5.69 Å². The third-order valence-corrected chi connectivity index (χ3v) is 3.11. The molecule has 0 heterocycles. The number of nitro groups is 1. The first kappa shape index (κ1) is 15.9. The average Bonchev–Trinajstić information content (AvgIpc) is 2.59. The second kappa shape index (κ2) is 7.00. The van der Waals surface area contributed by atoms with Gasteiger partial charge in [-0.25, -0.2) is 0 Å². The maximum absolute atomic E-state index is 12.3. The number of non-ortho nitro benzene ring substituents is 1. The molecule has 23 heavy (non-hydrogen) atoms. The quantitative estimate of drug-likeness (QED) is 0.277. The number of ketones is 1. The topological polar surface area (TPSA) is 93.2 Å². The van der Waals surface area contributed by atoms with E-state index in [1.807, 2.05) is 6.07 Å². The second-order valence-corrected chi connectivity index (χ2v) is 4.58. The second-order valence-electron chi connectivity index (χ2n) is 4.58. The van der Waals surface area contributed by atoms with E-state index in [0.29, 0.717) is 11.3 Å². The summed E-state index contributed by atoms with van der Waals surface area (Å²) in [6.45, 7) is 0. The molecule has 2 rings (SSSR count). The molecule has 0 amide bonds. The fraction of sp³-hybridized carbons (Fsp3) is 0.0588. The summed E-state index contributed by atoms with van der Waals surface area (Å²) in [7, 11) is 1.54. The summed E-state index contributed by atoms with van der Waals surface area (Å²) in [4.78, 5) is 22.5. The summed E-state index contributed by atoms with van der Waals surface area (Å²) >= 11 is 0. The van der Waals surface area contributed by atoms with Gasteiger partial charge in [0.15, 0.2) is 0 Å². The number of rotatable bonds is 5. The molecular weight excluding hydrogens is 296 g/mol. The zero-order chi connectivity index (χ0) is 16.8. The molecule has 0 atom stereocenters. The fourth-order valence-electron chi connectivity index (χ4n) is 1.93. The molecule has 0 bridgehead atoms. The van der Waals surface area contributed by atoms with Gasteiger partial charge in [-0.2, -0.15) is 5.26 Å². The smallest absolute Gasteiger partial charge is 0.270 e. The molecule has 2 aromatic carbocycles. The van der Waals surface area contributed by atoms with Crippen molar-refractivity contribution in [1.29, 1.82) is 5.26 Å². The number of methoxy groups -OCH3 is 1. The number of benzene rings is 2. The van der Waals surface area contributed by atoms with Crippen LogP contribution in [0.3, 0.4) is 0 Å². The Hall–Kier alpha value is -3.46. The molecule has 0 aliphatic carbocycles. The highest BCUT2D eigenvalue weighted by atomic mass is 16.6. The number of Topliss-reactive ketones (excluding diaryl/α,β-unsaturated/α-hetero) is 1. The minimum absolute atomic E-state index is 0.0977. The van der Waals surface area contributed by atoms with Crippen LogP contribution in [0.15, 0.2) is 54.1 Å². The number of ether oxygens (including phenoxy) is 1. The van der Waals surface area contributed by atoms with E-state index >= 15 is 0 Å². The van der Waals surface area contributed by atoms with Crippen molar-refractivity contribution in [3.8, 4) is 11.8 Å². The summed E-state index contributed by atoms with van der Waals surface area (Å²) < 4.78 is 5.04. The van der Waals surface area contributed by atoms with Gasteiger partial charge in [0.05, 0.1) is 12.0 Å². The molecule has 6 nitrogen and oxygen atoms in total. The minimum atomic E-state index is -0.587. The molecular formula is C17H12N2O4. The van der Waals surface area contributed by atoms with Crippen molar-refractivity contribution in [2.45, 2.75) is 0 Å². The van der Waals surface area contributed by atoms with Crippen molar-refractivity contribution in [2.75, 3.05) is 7.11 Å². The molecule has 0 aliphatic heterocycles. The van der Waals surface area contributed by atoms with Crippen molar-refractivity contribution in [2.24, 2.45) is 0 Å². The Morgan fingerprint density at radius 2 is 1.96 bits per heavy atom. The Morgan fingerprint density at radius 3 is 2.52 bits per heavy atom. The molecule has 0 N–H and O–H groups in total. The zero-order valence-corrected chi connectivity index (χ0v) is 12.2. The minimum Gasteiger partial charge on any atom is -0.497 e. The van der Waals surface area contributed by atoms with Gasteiger partial charge in [0.2, 0.25) is 5.78 Å². The van der Waals surface area contributed by atoms with E-state index in [1.165, 1.54) is 31.4 Å². The van der Waals surface area contributed by atoms with Crippen LogP contribution in [0.5, 0.6) is 5.75 Å². The Kier molecular flexibility index (Phi) is 4.85. The third kappa shape index (κ3) is 3.80. The van der Waals surface area contributed by atoms with E-state index in [-0.39, 0.29) is 16.8 Å². The van der Waals surface area contributed by atoms with E-state index in [9.17, 15) is 20.2 Å². The van der Waals surface area contributed by atoms with Gasteiger partial charge in [0.25, 0.3) is 5.69 Å². The largest absolute Gasteiger partial charge is 0.497 e. The molecule has 0 aliphatic rings. The van der Waals surface area contributed by atoms with Crippen LogP contribution in [0.1, 0.15) is 15.9 Å². The van der Waals surface area contributed by atoms with Gasteiger partial charge in [-0.15, -0.1) is 0 Å². The summed E-state index contributed by atoms with van der Waals surface area (Å²) in [5.41, 5.74) is 0.454. The lowest BCUT2D eigenvalue weighted by atomic mass is 10.0. The molecule has 114 valence electrons. The predicted molar refractivity (Wildman–Crippen MR) is 84.0 cm³/mol. The van der Waals surface area contributed by atoms with Crippen molar-refractivity contribution in [1.82, 2.24) is 0 Å². The van der Waals surface area contributed by atoms with Gasteiger partial charge < -0.3 is 4.74 Å². The van der Waals surface area contributed by atoms with E-state index < -0.39 is 10.7 Å². The SMILES string of the molecule is COc1ccc(/C=C(\C#N)C(=O)c2cccc([N+](=O)[O-])c2)cc1. The molecule has 0 aromatic heterocycles.